The lowest BCUT2D eigenvalue weighted by Gasteiger charge is -2.34. The van der Waals surface area contributed by atoms with Gasteiger partial charge in [0.1, 0.15) is 0 Å². The third kappa shape index (κ3) is 7.25. The Labute approximate surface area is 168 Å². The van der Waals surface area contributed by atoms with Gasteiger partial charge in [-0.1, -0.05) is 6.92 Å². The highest BCUT2D eigenvalue weighted by Crippen LogP contribution is 2.21. The Kier molecular flexibility index (Phi) is 10.3. The maximum Gasteiger partial charge on any atom is 0.194 e. The van der Waals surface area contributed by atoms with Crippen molar-refractivity contribution in [3.8, 4) is 0 Å². The van der Waals surface area contributed by atoms with Gasteiger partial charge in [-0.3, -0.25) is 9.89 Å². The van der Waals surface area contributed by atoms with Crippen LogP contribution in [0.15, 0.2) is 4.99 Å². The predicted molar refractivity (Wildman–Crippen MR) is 115 cm³/mol. The summed E-state index contributed by atoms with van der Waals surface area (Å²) in [6.07, 6.45) is 1.20. The molecule has 2 aliphatic rings. The Bertz CT molecular complexity index is 488. The van der Waals surface area contributed by atoms with Crippen LogP contribution in [0.2, 0.25) is 0 Å². The molecule has 2 aliphatic heterocycles. The van der Waals surface area contributed by atoms with Gasteiger partial charge in [-0.15, -0.1) is 24.0 Å². The van der Waals surface area contributed by atoms with Gasteiger partial charge in [-0.2, -0.15) is 11.8 Å². The molecule has 6 nitrogen and oxygen atoms in total. The number of halogens is 1. The Morgan fingerprint density at radius 2 is 1.96 bits per heavy atom. The molecule has 2 heterocycles. The molecule has 0 aromatic rings. The summed E-state index contributed by atoms with van der Waals surface area (Å²) in [5.41, 5.74) is 0. The number of aliphatic imine (C=N–C) groups is 1. The lowest BCUT2D eigenvalue weighted by atomic mass is 10.3. The second-order valence-corrected chi connectivity index (χ2v) is 9.79. The molecule has 142 valence electrons. The van der Waals surface area contributed by atoms with Crippen molar-refractivity contribution in [3.63, 3.8) is 0 Å². The zero-order valence-electron chi connectivity index (χ0n) is 14.7. The topological polar surface area (TPSA) is 65.0 Å². The van der Waals surface area contributed by atoms with Crippen molar-refractivity contribution in [3.05, 3.63) is 0 Å². The molecule has 0 bridgehead atoms. The van der Waals surface area contributed by atoms with Crippen molar-refractivity contribution in [2.75, 3.05) is 63.1 Å². The first-order valence-electron chi connectivity index (χ1n) is 8.61. The average molecular weight is 490 g/mol. The lowest BCUT2D eigenvalue weighted by molar-refractivity contribution is 0.303. The molecular weight excluding hydrogens is 459 g/mol. The highest BCUT2D eigenvalue weighted by atomic mass is 127. The SMILES string of the molecule is CCNC(=NCCN1CCS(=O)(=O)CC1)N1CCSC(CC)C1.I. The summed E-state index contributed by atoms with van der Waals surface area (Å²) in [7, 11) is -2.79. The molecule has 0 radical (unpaired) electrons. The van der Waals surface area contributed by atoms with Crippen LogP contribution in [0.25, 0.3) is 0 Å². The number of sulfone groups is 1. The Hall–Kier alpha value is 0.260. The fraction of sp³-hybridized carbons (Fsp3) is 0.933. The molecule has 2 rings (SSSR count). The van der Waals surface area contributed by atoms with Crippen molar-refractivity contribution < 1.29 is 8.42 Å². The van der Waals surface area contributed by atoms with Gasteiger partial charge in [0.05, 0.1) is 18.1 Å². The molecule has 2 fully saturated rings. The highest BCUT2D eigenvalue weighted by molar-refractivity contribution is 14.0. The quantitative estimate of drug-likeness (QED) is 0.354. The second-order valence-electron chi connectivity index (χ2n) is 6.08. The van der Waals surface area contributed by atoms with Crippen LogP contribution in [-0.4, -0.2) is 92.5 Å². The molecule has 9 heteroatoms. The van der Waals surface area contributed by atoms with Crippen molar-refractivity contribution in [1.29, 1.82) is 0 Å². The molecule has 24 heavy (non-hydrogen) atoms. The van der Waals surface area contributed by atoms with Crippen LogP contribution < -0.4 is 5.32 Å². The minimum atomic E-state index is -2.79. The number of rotatable bonds is 5. The number of nitrogens with one attached hydrogen (secondary N) is 1. The van der Waals surface area contributed by atoms with E-state index in [-0.39, 0.29) is 35.5 Å². The van der Waals surface area contributed by atoms with E-state index in [1.807, 2.05) is 0 Å². The largest absolute Gasteiger partial charge is 0.357 e. The van der Waals surface area contributed by atoms with E-state index in [0.717, 1.165) is 44.4 Å². The van der Waals surface area contributed by atoms with Gasteiger partial charge in [0.15, 0.2) is 15.8 Å². The maximum absolute atomic E-state index is 11.5. The Morgan fingerprint density at radius 1 is 1.25 bits per heavy atom. The van der Waals surface area contributed by atoms with E-state index in [9.17, 15) is 8.42 Å². The van der Waals surface area contributed by atoms with Gasteiger partial charge >= 0.3 is 0 Å². The van der Waals surface area contributed by atoms with Crippen molar-refractivity contribution in [2.45, 2.75) is 25.5 Å². The molecule has 0 aliphatic carbocycles. The van der Waals surface area contributed by atoms with E-state index in [2.05, 4.69) is 40.7 Å². The third-order valence-corrected chi connectivity index (χ3v) is 7.32. The summed E-state index contributed by atoms with van der Waals surface area (Å²) in [5, 5.41) is 4.09. The molecule has 0 saturated carbocycles. The molecule has 0 aromatic heterocycles. The van der Waals surface area contributed by atoms with E-state index in [4.69, 9.17) is 4.99 Å². The predicted octanol–water partition coefficient (Wildman–Crippen LogP) is 1.13. The lowest BCUT2D eigenvalue weighted by Crippen LogP contribution is -2.48. The van der Waals surface area contributed by atoms with Crippen molar-refractivity contribution in [2.24, 2.45) is 4.99 Å². The summed E-state index contributed by atoms with van der Waals surface area (Å²) in [6, 6.07) is 0. The van der Waals surface area contributed by atoms with Gasteiger partial charge in [0.2, 0.25) is 0 Å². The van der Waals surface area contributed by atoms with E-state index in [1.54, 1.807) is 0 Å². The summed E-state index contributed by atoms with van der Waals surface area (Å²) in [5.74, 6) is 2.75. The molecule has 1 N–H and O–H groups in total. The van der Waals surface area contributed by atoms with Crippen LogP contribution in [0.4, 0.5) is 0 Å². The van der Waals surface area contributed by atoms with Gasteiger partial charge < -0.3 is 10.2 Å². The first-order chi connectivity index (χ1) is 11.0. The van der Waals surface area contributed by atoms with E-state index < -0.39 is 9.84 Å². The smallest absolute Gasteiger partial charge is 0.194 e. The highest BCUT2D eigenvalue weighted by Gasteiger charge is 2.22. The average Bonchev–Trinajstić information content (AvgIpc) is 2.55. The van der Waals surface area contributed by atoms with Crippen LogP contribution in [-0.2, 0) is 9.84 Å². The van der Waals surface area contributed by atoms with Gasteiger partial charge in [0, 0.05) is 50.3 Å². The van der Waals surface area contributed by atoms with Crippen LogP contribution >= 0.6 is 35.7 Å². The summed E-state index contributed by atoms with van der Waals surface area (Å²) in [4.78, 5) is 9.34. The zero-order chi connectivity index (χ0) is 16.7. The van der Waals surface area contributed by atoms with Crippen molar-refractivity contribution >= 4 is 51.5 Å². The van der Waals surface area contributed by atoms with Crippen LogP contribution in [0.5, 0.6) is 0 Å². The summed E-state index contributed by atoms with van der Waals surface area (Å²) in [6.45, 7) is 10.2. The Morgan fingerprint density at radius 3 is 2.58 bits per heavy atom. The normalized spacial score (nSPS) is 25.2. The van der Waals surface area contributed by atoms with E-state index in [0.29, 0.717) is 18.3 Å². The molecule has 0 amide bonds. The van der Waals surface area contributed by atoms with Gasteiger partial charge in [-0.25, -0.2) is 8.42 Å². The zero-order valence-corrected chi connectivity index (χ0v) is 18.7. The summed E-state index contributed by atoms with van der Waals surface area (Å²) < 4.78 is 22.9. The van der Waals surface area contributed by atoms with E-state index >= 15 is 0 Å². The maximum atomic E-state index is 11.5. The molecule has 0 spiro atoms. The first kappa shape index (κ1) is 22.3. The third-order valence-electron chi connectivity index (χ3n) is 4.34. The first-order valence-corrected chi connectivity index (χ1v) is 11.5. The molecule has 1 atom stereocenters. The number of hydrogen-bond acceptors (Lipinski definition) is 5. The summed E-state index contributed by atoms with van der Waals surface area (Å²) >= 11 is 2.06. The minimum Gasteiger partial charge on any atom is -0.357 e. The van der Waals surface area contributed by atoms with Crippen LogP contribution in [0, 0.1) is 0 Å². The fourth-order valence-electron chi connectivity index (χ4n) is 2.86. The number of nitrogens with zero attached hydrogens (tertiary/aromatic N) is 3. The standard InChI is InChI=1S/C15H30N4O2S2.HI/c1-3-14-13-19(7-10-22-14)15(16-4-2)17-5-6-18-8-11-23(20,21)12-9-18;/h14H,3-13H2,1-2H3,(H,16,17);1H. The fourth-order valence-corrected chi connectivity index (χ4v) is 5.31. The van der Waals surface area contributed by atoms with Gasteiger partial charge in [-0.05, 0) is 13.3 Å². The van der Waals surface area contributed by atoms with Crippen LogP contribution in [0.1, 0.15) is 20.3 Å². The van der Waals surface area contributed by atoms with Crippen molar-refractivity contribution in [1.82, 2.24) is 15.1 Å². The number of thioether (sulfide) groups is 1. The number of guanidine groups is 1. The molecule has 1 unspecified atom stereocenters. The number of hydrogen-bond donors (Lipinski definition) is 1. The van der Waals surface area contributed by atoms with E-state index in [1.165, 1.54) is 6.42 Å². The molecular formula is C15H31IN4O2S2. The Balaban J connectivity index is 0.00000288. The monoisotopic (exact) mass is 490 g/mol. The minimum absolute atomic E-state index is 0. The molecule has 2 saturated heterocycles. The van der Waals surface area contributed by atoms with Crippen LogP contribution in [0.3, 0.4) is 0 Å². The van der Waals surface area contributed by atoms with Gasteiger partial charge in [0.25, 0.3) is 0 Å². The second kappa shape index (κ2) is 11.1. The molecule has 0 aromatic carbocycles.